The van der Waals surface area contributed by atoms with Gasteiger partial charge in [-0.05, 0) is 69.0 Å². The van der Waals surface area contributed by atoms with E-state index in [1.54, 1.807) is 17.0 Å². The highest BCUT2D eigenvalue weighted by Crippen LogP contribution is 2.28. The van der Waals surface area contributed by atoms with Crippen molar-refractivity contribution in [1.29, 1.82) is 0 Å². The van der Waals surface area contributed by atoms with Crippen molar-refractivity contribution >= 4 is 39.1 Å². The number of carbonyl (C=O) groups is 2. The second-order valence-electron chi connectivity index (χ2n) is 7.45. The van der Waals surface area contributed by atoms with E-state index in [2.05, 4.69) is 10.0 Å². The molecule has 0 saturated heterocycles. The summed E-state index contributed by atoms with van der Waals surface area (Å²) in [5, 5.41) is 2.93. The van der Waals surface area contributed by atoms with Gasteiger partial charge in [-0.3, -0.25) is 9.59 Å². The third-order valence-electron chi connectivity index (χ3n) is 5.17. The molecule has 0 heterocycles. The number of amides is 2. The zero-order valence-corrected chi connectivity index (χ0v) is 19.1. The summed E-state index contributed by atoms with van der Waals surface area (Å²) < 4.78 is 27.5. The average Bonchev–Trinajstić information content (AvgIpc) is 3.58. The molecule has 0 unspecified atom stereocenters. The van der Waals surface area contributed by atoms with E-state index in [9.17, 15) is 18.0 Å². The lowest BCUT2D eigenvalue weighted by Gasteiger charge is -2.19. The molecular weight excluding hydrogens is 438 g/mol. The van der Waals surface area contributed by atoms with E-state index in [1.807, 2.05) is 13.8 Å². The van der Waals surface area contributed by atoms with Crippen molar-refractivity contribution in [2.45, 2.75) is 31.6 Å². The zero-order chi connectivity index (χ0) is 22.6. The van der Waals surface area contributed by atoms with Crippen molar-refractivity contribution in [1.82, 2.24) is 9.62 Å². The lowest BCUT2D eigenvalue weighted by Crippen LogP contribution is -2.30. The summed E-state index contributed by atoms with van der Waals surface area (Å²) >= 11 is 6.28. The molecule has 1 aliphatic rings. The van der Waals surface area contributed by atoms with E-state index in [0.29, 0.717) is 36.8 Å². The molecule has 2 amide bonds. The first-order valence-corrected chi connectivity index (χ1v) is 12.1. The molecule has 3 rings (SSSR count). The van der Waals surface area contributed by atoms with Crippen molar-refractivity contribution in [3.63, 3.8) is 0 Å². The van der Waals surface area contributed by atoms with Crippen LogP contribution in [0.4, 0.5) is 5.69 Å². The summed E-state index contributed by atoms with van der Waals surface area (Å²) in [5.74, 6) is -0.245. The number of hydrogen-bond acceptors (Lipinski definition) is 4. The summed E-state index contributed by atoms with van der Waals surface area (Å²) in [7, 11) is -3.67. The predicted molar refractivity (Wildman–Crippen MR) is 121 cm³/mol. The summed E-state index contributed by atoms with van der Waals surface area (Å²) in [6.07, 6.45) is 2.07. The quantitative estimate of drug-likeness (QED) is 0.591. The van der Waals surface area contributed by atoms with E-state index >= 15 is 0 Å². The molecule has 0 radical (unpaired) electrons. The fraction of sp³-hybridized carbons (Fsp3) is 0.364. The first-order chi connectivity index (χ1) is 14.7. The molecule has 7 nitrogen and oxygen atoms in total. The van der Waals surface area contributed by atoms with E-state index in [1.165, 1.54) is 30.3 Å². The number of sulfonamides is 1. The third kappa shape index (κ3) is 5.84. The molecule has 31 heavy (non-hydrogen) atoms. The van der Waals surface area contributed by atoms with Crippen LogP contribution in [0, 0.1) is 5.92 Å². The second-order valence-corrected chi connectivity index (χ2v) is 9.62. The molecule has 0 spiro atoms. The maximum absolute atomic E-state index is 12.7. The van der Waals surface area contributed by atoms with Crippen LogP contribution < -0.4 is 10.0 Å². The van der Waals surface area contributed by atoms with Crippen molar-refractivity contribution in [2.75, 3.05) is 25.0 Å². The van der Waals surface area contributed by atoms with Gasteiger partial charge in [-0.1, -0.05) is 17.7 Å². The Bertz CT molecular complexity index is 1080. The first kappa shape index (κ1) is 23.2. The topological polar surface area (TPSA) is 95.6 Å². The molecule has 9 heteroatoms. The molecule has 1 aliphatic carbocycles. The van der Waals surface area contributed by atoms with Crippen LogP contribution in [0.5, 0.6) is 0 Å². The highest BCUT2D eigenvalue weighted by atomic mass is 35.5. The van der Waals surface area contributed by atoms with E-state index in [0.717, 1.165) is 12.8 Å². The van der Waals surface area contributed by atoms with Crippen molar-refractivity contribution in [3.8, 4) is 0 Å². The van der Waals surface area contributed by atoms with Crippen LogP contribution in [-0.2, 0) is 10.0 Å². The van der Waals surface area contributed by atoms with Crippen LogP contribution >= 0.6 is 11.6 Å². The molecule has 0 bridgehead atoms. The summed E-state index contributed by atoms with van der Waals surface area (Å²) in [6, 6.07) is 10.5. The van der Waals surface area contributed by atoms with Crippen LogP contribution in [0.15, 0.2) is 47.4 Å². The molecule has 0 aliphatic heterocycles. The summed E-state index contributed by atoms with van der Waals surface area (Å²) in [5.41, 5.74) is 0.970. The van der Waals surface area contributed by atoms with Gasteiger partial charge in [0.1, 0.15) is 0 Å². The van der Waals surface area contributed by atoms with Gasteiger partial charge < -0.3 is 10.2 Å². The Morgan fingerprint density at radius 1 is 1.10 bits per heavy atom. The first-order valence-electron chi connectivity index (χ1n) is 10.2. The fourth-order valence-corrected chi connectivity index (χ4v) is 4.51. The van der Waals surface area contributed by atoms with Crippen LogP contribution in [0.25, 0.3) is 0 Å². The van der Waals surface area contributed by atoms with Gasteiger partial charge >= 0.3 is 0 Å². The predicted octanol–water partition coefficient (Wildman–Crippen LogP) is 3.76. The number of nitrogens with one attached hydrogen (secondary N) is 2. The normalized spacial score (nSPS) is 13.6. The molecular formula is C22H26ClN3O4S. The smallest absolute Gasteiger partial charge is 0.255 e. The van der Waals surface area contributed by atoms with Gasteiger partial charge in [0, 0.05) is 30.9 Å². The van der Waals surface area contributed by atoms with Gasteiger partial charge in [0.25, 0.3) is 11.8 Å². The molecule has 2 aromatic rings. The zero-order valence-electron chi connectivity index (χ0n) is 17.5. The van der Waals surface area contributed by atoms with Gasteiger partial charge in [-0.15, -0.1) is 0 Å². The summed E-state index contributed by atoms with van der Waals surface area (Å²) in [6.45, 7) is 5.33. The third-order valence-corrected chi connectivity index (χ3v) is 6.91. The largest absolute Gasteiger partial charge is 0.339 e. The lowest BCUT2D eigenvalue weighted by atomic mass is 10.1. The molecule has 166 valence electrons. The minimum absolute atomic E-state index is 0.0407. The minimum Gasteiger partial charge on any atom is -0.339 e. The van der Waals surface area contributed by atoms with E-state index in [-0.39, 0.29) is 21.4 Å². The molecule has 1 fully saturated rings. The van der Waals surface area contributed by atoms with Crippen LogP contribution in [0.1, 0.15) is 47.4 Å². The maximum Gasteiger partial charge on any atom is 0.255 e. The number of anilines is 1. The Morgan fingerprint density at radius 3 is 2.42 bits per heavy atom. The second kappa shape index (κ2) is 9.80. The number of halogens is 1. The summed E-state index contributed by atoms with van der Waals surface area (Å²) in [4.78, 5) is 26.9. The van der Waals surface area contributed by atoms with Gasteiger partial charge in [0.2, 0.25) is 10.0 Å². The highest BCUT2D eigenvalue weighted by molar-refractivity contribution is 7.89. The van der Waals surface area contributed by atoms with Crippen molar-refractivity contribution in [3.05, 3.63) is 58.6 Å². The monoisotopic (exact) mass is 463 g/mol. The number of hydrogen-bond donors (Lipinski definition) is 2. The minimum atomic E-state index is -3.67. The molecule has 2 aromatic carbocycles. The Hall–Kier alpha value is -2.42. The molecule has 0 atom stereocenters. The van der Waals surface area contributed by atoms with Crippen molar-refractivity contribution < 1.29 is 18.0 Å². The standard InChI is InChI=1S/C22H26ClN3O4S/c1-3-26(4-2)22(28)19-11-10-17(13-20(19)23)25-21(27)16-6-5-7-18(12-16)31(29,30)24-14-15-8-9-15/h5-7,10-13,15,24H,3-4,8-9,14H2,1-2H3,(H,25,27). The fourth-order valence-electron chi connectivity index (χ4n) is 3.09. The molecule has 1 saturated carbocycles. The Labute approximate surface area is 187 Å². The number of carbonyl (C=O) groups excluding carboxylic acids is 2. The SMILES string of the molecule is CCN(CC)C(=O)c1ccc(NC(=O)c2cccc(S(=O)(=O)NCC3CC3)c2)cc1Cl. The maximum atomic E-state index is 12.7. The number of benzene rings is 2. The Balaban J connectivity index is 1.73. The van der Waals surface area contributed by atoms with Crippen LogP contribution in [-0.4, -0.2) is 44.8 Å². The van der Waals surface area contributed by atoms with Gasteiger partial charge in [0.05, 0.1) is 15.5 Å². The number of rotatable bonds is 9. The average molecular weight is 464 g/mol. The lowest BCUT2D eigenvalue weighted by molar-refractivity contribution is 0.0773. The molecule has 2 N–H and O–H groups in total. The van der Waals surface area contributed by atoms with Gasteiger partial charge in [-0.2, -0.15) is 0 Å². The highest BCUT2D eigenvalue weighted by Gasteiger charge is 2.24. The van der Waals surface area contributed by atoms with Crippen molar-refractivity contribution in [2.24, 2.45) is 5.92 Å². The Morgan fingerprint density at radius 2 is 1.81 bits per heavy atom. The van der Waals surface area contributed by atoms with E-state index < -0.39 is 15.9 Å². The number of nitrogens with zero attached hydrogens (tertiary/aromatic N) is 1. The van der Waals surface area contributed by atoms with Gasteiger partial charge in [-0.25, -0.2) is 13.1 Å². The van der Waals surface area contributed by atoms with Crippen LogP contribution in [0.3, 0.4) is 0 Å². The molecule has 0 aromatic heterocycles. The Kier molecular flexibility index (Phi) is 7.35. The van der Waals surface area contributed by atoms with E-state index in [4.69, 9.17) is 11.6 Å². The van der Waals surface area contributed by atoms with Crippen LogP contribution in [0.2, 0.25) is 5.02 Å². The van der Waals surface area contributed by atoms with Gasteiger partial charge in [0.15, 0.2) is 0 Å².